The fourth-order valence-electron chi connectivity index (χ4n) is 4.34. The van der Waals surface area contributed by atoms with Crippen molar-refractivity contribution in [3.05, 3.63) is 42.3 Å². The molecule has 2 N–H and O–H groups in total. The zero-order valence-electron chi connectivity index (χ0n) is 18.5. The molecule has 174 valence electrons. The van der Waals surface area contributed by atoms with Gasteiger partial charge in [0.05, 0.1) is 17.5 Å². The molecule has 0 spiro atoms. The van der Waals surface area contributed by atoms with Crippen molar-refractivity contribution < 1.29 is 23.3 Å². The molecule has 5 rings (SSSR count). The van der Waals surface area contributed by atoms with Crippen molar-refractivity contribution in [3.63, 3.8) is 0 Å². The third-order valence-corrected chi connectivity index (χ3v) is 5.94. The minimum atomic E-state index is -0.542. The number of hydrogen-bond donors (Lipinski definition) is 1. The third-order valence-electron chi connectivity index (χ3n) is 5.94. The van der Waals surface area contributed by atoms with Gasteiger partial charge in [-0.3, -0.25) is 4.98 Å². The molecule has 0 aliphatic carbocycles. The van der Waals surface area contributed by atoms with Gasteiger partial charge in [-0.25, -0.2) is 4.39 Å². The average Bonchev–Trinajstić information content (AvgIpc) is 2.84. The summed E-state index contributed by atoms with van der Waals surface area (Å²) in [6.45, 7) is 4.76. The topological polar surface area (TPSA) is 79.1 Å². The van der Waals surface area contributed by atoms with Gasteiger partial charge in [-0.2, -0.15) is 0 Å². The number of nitrogen functional groups attached to an aromatic ring is 1. The Labute approximate surface area is 192 Å². The maximum Gasteiger partial charge on any atom is 0.204 e. The number of rotatable bonds is 7. The lowest BCUT2D eigenvalue weighted by Gasteiger charge is -2.26. The lowest BCUT2D eigenvalue weighted by atomic mass is 10.1. The maximum atomic E-state index is 14.3. The lowest BCUT2D eigenvalue weighted by Crippen LogP contribution is -2.31. The van der Waals surface area contributed by atoms with Crippen LogP contribution in [0.1, 0.15) is 25.7 Å². The lowest BCUT2D eigenvalue weighted by molar-refractivity contribution is 0.161. The fraction of sp³-hybridized carbons (Fsp3) is 0.400. The SMILES string of the molecule is Nc1ccc(Oc2ccnc3cc(OCCCN4CCCCC4)c4c(c23)OCCO4)c(F)c1. The van der Waals surface area contributed by atoms with E-state index in [2.05, 4.69) is 9.88 Å². The van der Waals surface area contributed by atoms with Gasteiger partial charge in [-0.05, 0) is 50.6 Å². The van der Waals surface area contributed by atoms with Crippen molar-refractivity contribution in [2.45, 2.75) is 25.7 Å². The van der Waals surface area contributed by atoms with Gasteiger partial charge >= 0.3 is 0 Å². The van der Waals surface area contributed by atoms with Gasteiger partial charge in [0.2, 0.25) is 5.75 Å². The zero-order valence-corrected chi connectivity index (χ0v) is 18.5. The number of fused-ring (bicyclic) bond motifs is 3. The second-order valence-corrected chi connectivity index (χ2v) is 8.33. The van der Waals surface area contributed by atoms with Crippen LogP contribution in [-0.4, -0.2) is 49.3 Å². The summed E-state index contributed by atoms with van der Waals surface area (Å²) in [5, 5.41) is 0.615. The average molecular weight is 454 g/mol. The first-order chi connectivity index (χ1) is 16.2. The molecule has 0 saturated carbocycles. The van der Waals surface area contributed by atoms with Crippen LogP contribution in [0.4, 0.5) is 10.1 Å². The number of benzene rings is 2. The molecule has 2 aromatic carbocycles. The number of hydrogen-bond acceptors (Lipinski definition) is 7. The Morgan fingerprint density at radius 2 is 1.79 bits per heavy atom. The number of anilines is 1. The summed E-state index contributed by atoms with van der Waals surface area (Å²) < 4.78 is 38.2. The van der Waals surface area contributed by atoms with Crippen molar-refractivity contribution >= 4 is 16.6 Å². The Morgan fingerprint density at radius 3 is 2.61 bits per heavy atom. The van der Waals surface area contributed by atoms with Crippen LogP contribution in [0.2, 0.25) is 0 Å². The summed E-state index contributed by atoms with van der Waals surface area (Å²) in [4.78, 5) is 6.96. The molecule has 1 saturated heterocycles. The van der Waals surface area contributed by atoms with E-state index in [1.165, 1.54) is 44.5 Å². The molecule has 2 aliphatic rings. The van der Waals surface area contributed by atoms with Gasteiger partial charge in [0.15, 0.2) is 23.1 Å². The molecule has 0 radical (unpaired) electrons. The fourth-order valence-corrected chi connectivity index (χ4v) is 4.34. The molecular formula is C25H28FN3O4. The number of pyridine rings is 1. The van der Waals surface area contributed by atoms with E-state index in [0.29, 0.717) is 59.4 Å². The van der Waals surface area contributed by atoms with Crippen LogP contribution in [0.3, 0.4) is 0 Å². The molecule has 1 fully saturated rings. The molecule has 3 heterocycles. The number of ether oxygens (including phenoxy) is 4. The predicted molar refractivity (Wildman–Crippen MR) is 124 cm³/mol. The van der Waals surface area contributed by atoms with Crippen LogP contribution in [0.25, 0.3) is 10.9 Å². The first-order valence-electron chi connectivity index (χ1n) is 11.5. The van der Waals surface area contributed by atoms with Crippen molar-refractivity contribution in [1.29, 1.82) is 0 Å². The number of likely N-dealkylation sites (tertiary alicyclic amines) is 1. The third kappa shape index (κ3) is 4.75. The normalized spacial score (nSPS) is 16.0. The van der Waals surface area contributed by atoms with E-state index in [9.17, 15) is 4.39 Å². The number of halogens is 1. The van der Waals surface area contributed by atoms with Crippen LogP contribution < -0.4 is 24.7 Å². The largest absolute Gasteiger partial charge is 0.489 e. The van der Waals surface area contributed by atoms with Crippen LogP contribution in [-0.2, 0) is 0 Å². The van der Waals surface area contributed by atoms with E-state index in [1.807, 2.05) is 6.07 Å². The summed E-state index contributed by atoms with van der Waals surface area (Å²) in [6.07, 6.45) is 6.43. The zero-order chi connectivity index (χ0) is 22.6. The number of aromatic nitrogens is 1. The quantitative estimate of drug-likeness (QED) is 0.408. The highest BCUT2D eigenvalue weighted by Gasteiger charge is 2.25. The Hall–Kier alpha value is -3.26. The Kier molecular flexibility index (Phi) is 6.35. The van der Waals surface area contributed by atoms with Crippen molar-refractivity contribution in [2.24, 2.45) is 0 Å². The van der Waals surface area contributed by atoms with E-state index in [4.69, 9.17) is 24.7 Å². The molecule has 2 aliphatic heterocycles. The number of piperidine rings is 1. The highest BCUT2D eigenvalue weighted by Crippen LogP contribution is 2.48. The Bertz CT molecular complexity index is 1130. The summed E-state index contributed by atoms with van der Waals surface area (Å²) in [7, 11) is 0. The van der Waals surface area contributed by atoms with E-state index in [1.54, 1.807) is 18.3 Å². The first kappa shape index (κ1) is 21.6. The molecule has 0 amide bonds. The molecule has 8 heteroatoms. The van der Waals surface area contributed by atoms with Crippen LogP contribution in [0.5, 0.6) is 28.7 Å². The van der Waals surface area contributed by atoms with E-state index in [-0.39, 0.29) is 5.75 Å². The number of nitrogens with two attached hydrogens (primary N) is 1. The van der Waals surface area contributed by atoms with E-state index >= 15 is 0 Å². The molecule has 0 unspecified atom stereocenters. The predicted octanol–water partition coefficient (Wildman–Crippen LogP) is 4.77. The van der Waals surface area contributed by atoms with Gasteiger partial charge < -0.3 is 29.6 Å². The summed E-state index contributed by atoms with van der Waals surface area (Å²) in [6, 6.07) is 7.82. The van der Waals surface area contributed by atoms with Gasteiger partial charge in [0.25, 0.3) is 0 Å². The smallest absolute Gasteiger partial charge is 0.204 e. The van der Waals surface area contributed by atoms with Crippen LogP contribution >= 0.6 is 0 Å². The van der Waals surface area contributed by atoms with Crippen molar-refractivity contribution in [2.75, 3.05) is 45.2 Å². The van der Waals surface area contributed by atoms with Gasteiger partial charge in [-0.15, -0.1) is 0 Å². The minimum Gasteiger partial charge on any atom is -0.489 e. The highest BCUT2D eigenvalue weighted by molar-refractivity contribution is 5.95. The molecule has 7 nitrogen and oxygen atoms in total. The second-order valence-electron chi connectivity index (χ2n) is 8.33. The number of nitrogens with zero attached hydrogens (tertiary/aromatic N) is 2. The molecule has 1 aromatic heterocycles. The van der Waals surface area contributed by atoms with Crippen molar-refractivity contribution in [3.8, 4) is 28.7 Å². The molecule has 3 aromatic rings. The minimum absolute atomic E-state index is 0.0696. The first-order valence-corrected chi connectivity index (χ1v) is 11.5. The maximum absolute atomic E-state index is 14.3. The van der Waals surface area contributed by atoms with Gasteiger partial charge in [-0.1, -0.05) is 6.42 Å². The monoisotopic (exact) mass is 453 g/mol. The molecule has 0 atom stereocenters. The molecule has 0 bridgehead atoms. The standard InChI is InChI=1S/C25H28FN3O4/c26-18-15-17(27)5-6-20(18)33-21-7-8-28-19-16-22(24-25(23(19)21)32-14-13-31-24)30-12-4-11-29-9-2-1-3-10-29/h5-8,15-16H,1-4,9-14,27H2. The second kappa shape index (κ2) is 9.70. The van der Waals surface area contributed by atoms with Crippen molar-refractivity contribution in [1.82, 2.24) is 9.88 Å². The summed E-state index contributed by atoms with van der Waals surface area (Å²) >= 11 is 0. The van der Waals surface area contributed by atoms with Gasteiger partial charge in [0, 0.05) is 30.6 Å². The molecular weight excluding hydrogens is 425 g/mol. The highest BCUT2D eigenvalue weighted by atomic mass is 19.1. The van der Waals surface area contributed by atoms with Crippen LogP contribution in [0.15, 0.2) is 36.5 Å². The van der Waals surface area contributed by atoms with E-state index < -0.39 is 5.82 Å². The Morgan fingerprint density at radius 1 is 0.970 bits per heavy atom. The van der Waals surface area contributed by atoms with E-state index in [0.717, 1.165) is 13.0 Å². The van der Waals surface area contributed by atoms with Crippen LogP contribution in [0, 0.1) is 5.82 Å². The Balaban J connectivity index is 1.40. The summed E-state index contributed by atoms with van der Waals surface area (Å²) in [5.41, 5.74) is 6.61. The summed E-state index contributed by atoms with van der Waals surface area (Å²) in [5.74, 6) is 1.58. The molecule has 33 heavy (non-hydrogen) atoms. The van der Waals surface area contributed by atoms with Gasteiger partial charge in [0.1, 0.15) is 19.0 Å².